The van der Waals surface area contributed by atoms with Crippen molar-refractivity contribution in [3.05, 3.63) is 42.0 Å². The average molecular weight is 220 g/mol. The van der Waals surface area contributed by atoms with Gasteiger partial charge in [-0.15, -0.1) is 0 Å². The number of rotatable bonds is 5. The molecule has 1 N–H and O–H groups in total. The molecule has 0 saturated heterocycles. The van der Waals surface area contributed by atoms with Crippen molar-refractivity contribution in [3.63, 3.8) is 0 Å². The summed E-state index contributed by atoms with van der Waals surface area (Å²) in [6, 6.07) is 9.70. The second-order valence-corrected chi connectivity index (χ2v) is 3.34. The molecule has 0 spiro atoms. The molecule has 1 aromatic rings. The quantitative estimate of drug-likeness (QED) is 0.470. The lowest BCUT2D eigenvalue weighted by Gasteiger charge is -1.86. The van der Waals surface area contributed by atoms with Crippen molar-refractivity contribution >= 4 is 12.4 Å². The summed E-state index contributed by atoms with van der Waals surface area (Å²) in [5.74, 6) is 0. The Kier molecular flexibility index (Phi) is 10.6. The number of aldehydes is 1. The molecular weight excluding hydrogens is 200 g/mol. The van der Waals surface area contributed by atoms with Crippen LogP contribution in [0.15, 0.2) is 36.4 Å². The molecule has 2 heteroatoms. The largest absolute Gasteiger partial charge is 0.396 e. The van der Waals surface area contributed by atoms with Crippen LogP contribution in [-0.4, -0.2) is 18.0 Å². The third-order valence-corrected chi connectivity index (χ3v) is 1.93. The van der Waals surface area contributed by atoms with E-state index >= 15 is 0 Å². The Balaban J connectivity index is 0.000000325. The zero-order valence-electron chi connectivity index (χ0n) is 9.80. The highest BCUT2D eigenvalue weighted by Crippen LogP contribution is 1.99. The van der Waals surface area contributed by atoms with Gasteiger partial charge in [-0.1, -0.05) is 56.2 Å². The Bertz CT molecular complexity index is 274. The Hall–Kier alpha value is -1.41. The van der Waals surface area contributed by atoms with Gasteiger partial charge in [-0.2, -0.15) is 0 Å². The Morgan fingerprint density at radius 1 is 1.19 bits per heavy atom. The molecule has 0 saturated carbocycles. The van der Waals surface area contributed by atoms with Crippen LogP contribution in [0, 0.1) is 0 Å². The smallest absolute Gasteiger partial charge is 0.142 e. The maximum Gasteiger partial charge on any atom is 0.142 e. The number of unbranched alkanes of at least 4 members (excludes halogenated alkanes) is 2. The van der Waals surface area contributed by atoms with Crippen LogP contribution in [0.2, 0.25) is 0 Å². The van der Waals surface area contributed by atoms with Crippen molar-refractivity contribution in [1.29, 1.82) is 0 Å². The monoisotopic (exact) mass is 220 g/mol. The van der Waals surface area contributed by atoms with Crippen LogP contribution in [-0.2, 0) is 4.79 Å². The molecule has 0 aliphatic rings. The summed E-state index contributed by atoms with van der Waals surface area (Å²) < 4.78 is 0. The van der Waals surface area contributed by atoms with Gasteiger partial charge in [0.05, 0.1) is 0 Å². The topological polar surface area (TPSA) is 37.3 Å². The maximum atomic E-state index is 9.89. The van der Waals surface area contributed by atoms with Crippen molar-refractivity contribution in [2.24, 2.45) is 0 Å². The average Bonchev–Trinajstić information content (AvgIpc) is 2.36. The first-order chi connectivity index (χ1) is 7.85. The zero-order valence-corrected chi connectivity index (χ0v) is 9.80. The number of aliphatic hydroxyl groups excluding tert-OH is 1. The minimum Gasteiger partial charge on any atom is -0.396 e. The fourth-order valence-corrected chi connectivity index (χ4v) is 1.08. The van der Waals surface area contributed by atoms with E-state index in [4.69, 9.17) is 5.11 Å². The van der Waals surface area contributed by atoms with Gasteiger partial charge >= 0.3 is 0 Å². The molecule has 1 aromatic carbocycles. The Morgan fingerprint density at radius 3 is 2.31 bits per heavy atom. The highest BCUT2D eigenvalue weighted by atomic mass is 16.2. The predicted octanol–water partition coefficient (Wildman–Crippen LogP) is 3.07. The third-order valence-electron chi connectivity index (χ3n) is 1.93. The van der Waals surface area contributed by atoms with E-state index in [0.29, 0.717) is 6.61 Å². The van der Waals surface area contributed by atoms with Crippen LogP contribution in [0.25, 0.3) is 6.08 Å². The third kappa shape index (κ3) is 9.16. The molecule has 0 aromatic heterocycles. The normalized spacial score (nSPS) is 9.62. The molecule has 1 rings (SSSR count). The fourth-order valence-electron chi connectivity index (χ4n) is 1.08. The van der Waals surface area contributed by atoms with Crippen LogP contribution in [0.4, 0.5) is 0 Å². The molecule has 0 amide bonds. The van der Waals surface area contributed by atoms with Gasteiger partial charge in [-0.05, 0) is 18.1 Å². The van der Waals surface area contributed by atoms with E-state index in [1.54, 1.807) is 6.08 Å². The molecular formula is C14H20O2. The van der Waals surface area contributed by atoms with Gasteiger partial charge in [0.15, 0.2) is 0 Å². The summed E-state index contributed by atoms with van der Waals surface area (Å²) in [4.78, 5) is 9.89. The van der Waals surface area contributed by atoms with Gasteiger partial charge in [0, 0.05) is 6.61 Å². The predicted molar refractivity (Wildman–Crippen MR) is 68.2 cm³/mol. The lowest BCUT2D eigenvalue weighted by atomic mass is 10.2. The summed E-state index contributed by atoms with van der Waals surface area (Å²) in [6.45, 7) is 2.48. The molecule has 0 aliphatic heterocycles. The summed E-state index contributed by atoms with van der Waals surface area (Å²) in [5.41, 5.74) is 1.05. The number of benzene rings is 1. The van der Waals surface area contributed by atoms with Crippen molar-refractivity contribution < 1.29 is 9.90 Å². The van der Waals surface area contributed by atoms with Crippen LogP contribution in [0.5, 0.6) is 0 Å². The number of aliphatic hydroxyl groups is 1. The summed E-state index contributed by atoms with van der Waals surface area (Å²) in [5, 5.41) is 8.20. The molecule has 0 radical (unpaired) electrons. The molecule has 0 heterocycles. The molecule has 0 fully saturated rings. The van der Waals surface area contributed by atoms with Crippen molar-refractivity contribution in [1.82, 2.24) is 0 Å². The maximum absolute atomic E-state index is 9.89. The van der Waals surface area contributed by atoms with E-state index in [2.05, 4.69) is 6.92 Å². The molecule has 16 heavy (non-hydrogen) atoms. The second kappa shape index (κ2) is 11.7. The SMILES string of the molecule is CCCCCO.O=CC=Cc1ccccc1. The van der Waals surface area contributed by atoms with Gasteiger partial charge in [-0.3, -0.25) is 4.79 Å². The molecule has 0 unspecified atom stereocenters. The molecule has 0 aliphatic carbocycles. The van der Waals surface area contributed by atoms with Crippen LogP contribution >= 0.6 is 0 Å². The first kappa shape index (κ1) is 14.6. The number of hydrogen-bond donors (Lipinski definition) is 1. The van der Waals surface area contributed by atoms with Crippen molar-refractivity contribution in [2.75, 3.05) is 6.61 Å². The van der Waals surface area contributed by atoms with E-state index in [0.717, 1.165) is 24.7 Å². The van der Waals surface area contributed by atoms with E-state index in [-0.39, 0.29) is 0 Å². The lowest BCUT2D eigenvalue weighted by Crippen LogP contribution is -1.78. The van der Waals surface area contributed by atoms with E-state index < -0.39 is 0 Å². The second-order valence-electron chi connectivity index (χ2n) is 3.34. The fraction of sp³-hybridized carbons (Fsp3) is 0.357. The summed E-state index contributed by atoms with van der Waals surface area (Å²) >= 11 is 0. The van der Waals surface area contributed by atoms with Crippen LogP contribution in [0.3, 0.4) is 0 Å². The zero-order chi connectivity index (χ0) is 12.1. The molecule has 2 nitrogen and oxygen atoms in total. The number of allylic oxidation sites excluding steroid dienone is 1. The van der Waals surface area contributed by atoms with Crippen molar-refractivity contribution in [3.8, 4) is 0 Å². The van der Waals surface area contributed by atoms with Gasteiger partial charge in [-0.25, -0.2) is 0 Å². The van der Waals surface area contributed by atoms with Crippen molar-refractivity contribution in [2.45, 2.75) is 26.2 Å². The van der Waals surface area contributed by atoms with Gasteiger partial charge in [0.2, 0.25) is 0 Å². The minimum absolute atomic E-state index is 0.355. The summed E-state index contributed by atoms with van der Waals surface area (Å²) in [7, 11) is 0. The van der Waals surface area contributed by atoms with Gasteiger partial charge in [0.25, 0.3) is 0 Å². The Morgan fingerprint density at radius 2 is 1.88 bits per heavy atom. The summed E-state index contributed by atoms with van der Waals surface area (Å²) in [6.07, 6.45) is 7.35. The van der Waals surface area contributed by atoms with E-state index in [1.165, 1.54) is 12.5 Å². The lowest BCUT2D eigenvalue weighted by molar-refractivity contribution is -0.104. The molecule has 0 bridgehead atoms. The van der Waals surface area contributed by atoms with E-state index in [9.17, 15) is 4.79 Å². The van der Waals surface area contributed by atoms with Gasteiger partial charge < -0.3 is 5.11 Å². The van der Waals surface area contributed by atoms with Crippen LogP contribution in [0.1, 0.15) is 31.7 Å². The number of hydrogen-bond acceptors (Lipinski definition) is 2. The van der Waals surface area contributed by atoms with Crippen LogP contribution < -0.4 is 0 Å². The standard InChI is InChI=1S/C9H8O.C5H12O/c10-8-4-7-9-5-2-1-3-6-9;1-2-3-4-5-6/h1-8H;6H,2-5H2,1H3. The highest BCUT2D eigenvalue weighted by molar-refractivity contribution is 5.73. The first-order valence-corrected chi connectivity index (χ1v) is 5.63. The van der Waals surface area contributed by atoms with Gasteiger partial charge in [0.1, 0.15) is 6.29 Å². The molecule has 0 atom stereocenters. The number of carbonyl (C=O) groups is 1. The molecule has 88 valence electrons. The Labute approximate surface area is 97.6 Å². The first-order valence-electron chi connectivity index (χ1n) is 5.63. The minimum atomic E-state index is 0.355. The number of carbonyl (C=O) groups excluding carboxylic acids is 1. The highest BCUT2D eigenvalue weighted by Gasteiger charge is 1.79. The van der Waals surface area contributed by atoms with E-state index in [1.807, 2.05) is 30.3 Å².